The zero-order chi connectivity index (χ0) is 14.5. The van der Waals surface area contributed by atoms with E-state index in [0.717, 1.165) is 12.8 Å². The number of amides is 2. The van der Waals surface area contributed by atoms with Gasteiger partial charge in [-0.05, 0) is 25.2 Å². The second-order valence-corrected chi connectivity index (χ2v) is 7.46. The van der Waals surface area contributed by atoms with E-state index in [1.807, 2.05) is 0 Å². The van der Waals surface area contributed by atoms with Crippen LogP contribution in [0.25, 0.3) is 0 Å². The average molecular weight is 290 g/mol. The summed E-state index contributed by atoms with van der Waals surface area (Å²) in [6.45, 7) is 4.18. The Morgan fingerprint density at radius 3 is 2.74 bits per heavy atom. The van der Waals surface area contributed by atoms with Crippen LogP contribution >= 0.6 is 0 Å². The Kier molecular flexibility index (Phi) is 5.78. The second kappa shape index (κ2) is 6.88. The maximum Gasteiger partial charge on any atom is 0.242 e. The predicted molar refractivity (Wildman–Crippen MR) is 72.3 cm³/mol. The lowest BCUT2D eigenvalue weighted by molar-refractivity contribution is -0.127. The van der Waals surface area contributed by atoms with E-state index in [1.54, 1.807) is 13.8 Å². The molecule has 0 aliphatic carbocycles. The van der Waals surface area contributed by atoms with E-state index < -0.39 is 27.5 Å². The fraction of sp³-hybridized carbons (Fsp3) is 0.833. The van der Waals surface area contributed by atoms with E-state index in [4.69, 9.17) is 0 Å². The fourth-order valence-electron chi connectivity index (χ4n) is 2.08. The first-order valence-electron chi connectivity index (χ1n) is 6.57. The van der Waals surface area contributed by atoms with Gasteiger partial charge in [0.05, 0.1) is 5.75 Å². The van der Waals surface area contributed by atoms with E-state index in [0.29, 0.717) is 13.0 Å². The van der Waals surface area contributed by atoms with Crippen molar-refractivity contribution in [2.75, 3.05) is 18.1 Å². The first-order chi connectivity index (χ1) is 8.80. The van der Waals surface area contributed by atoms with Crippen LogP contribution in [-0.4, -0.2) is 44.3 Å². The average Bonchev–Trinajstić information content (AvgIpc) is 2.41. The molecule has 1 rings (SSSR count). The maximum absolute atomic E-state index is 11.7. The van der Waals surface area contributed by atoms with Crippen molar-refractivity contribution in [3.05, 3.63) is 0 Å². The predicted octanol–water partition coefficient (Wildman–Crippen LogP) is -0.158. The molecule has 2 N–H and O–H groups in total. The molecular formula is C12H22N2O4S. The highest BCUT2D eigenvalue weighted by Gasteiger charge is 2.25. The minimum atomic E-state index is -3.40. The molecule has 1 saturated heterocycles. The van der Waals surface area contributed by atoms with Crippen molar-refractivity contribution in [1.82, 2.24) is 10.6 Å². The molecular weight excluding hydrogens is 268 g/mol. The molecule has 6 nitrogen and oxygen atoms in total. The Morgan fingerprint density at radius 1 is 1.42 bits per heavy atom. The molecule has 1 atom stereocenters. The van der Waals surface area contributed by atoms with E-state index in [1.165, 1.54) is 0 Å². The molecule has 0 spiro atoms. The van der Waals surface area contributed by atoms with Gasteiger partial charge in [0, 0.05) is 6.54 Å². The lowest BCUT2D eigenvalue weighted by Crippen LogP contribution is -2.47. The molecule has 1 aliphatic rings. The molecule has 19 heavy (non-hydrogen) atoms. The van der Waals surface area contributed by atoms with Gasteiger partial charge in [0.2, 0.25) is 11.8 Å². The molecule has 0 saturated carbocycles. The van der Waals surface area contributed by atoms with Gasteiger partial charge >= 0.3 is 0 Å². The minimum Gasteiger partial charge on any atom is -0.354 e. The Bertz CT molecular complexity index is 431. The molecule has 0 bridgehead atoms. The summed E-state index contributed by atoms with van der Waals surface area (Å²) < 4.78 is 23.4. The number of sulfone groups is 1. The SMILES string of the molecule is CC(C)CS(=O)(=O)CC(=O)N[C@@H]1CCCCNC1=O. The summed E-state index contributed by atoms with van der Waals surface area (Å²) >= 11 is 0. The second-order valence-electron chi connectivity index (χ2n) is 5.36. The molecule has 1 heterocycles. The lowest BCUT2D eigenvalue weighted by atomic mass is 10.1. The van der Waals surface area contributed by atoms with Gasteiger partial charge in [-0.1, -0.05) is 13.8 Å². The molecule has 0 aromatic carbocycles. The van der Waals surface area contributed by atoms with Gasteiger partial charge in [0.15, 0.2) is 9.84 Å². The van der Waals surface area contributed by atoms with Crippen LogP contribution in [-0.2, 0) is 19.4 Å². The van der Waals surface area contributed by atoms with Crippen molar-refractivity contribution in [1.29, 1.82) is 0 Å². The Labute approximate surface area is 114 Å². The van der Waals surface area contributed by atoms with Gasteiger partial charge in [-0.15, -0.1) is 0 Å². The van der Waals surface area contributed by atoms with E-state index in [9.17, 15) is 18.0 Å². The van der Waals surface area contributed by atoms with Crippen LogP contribution < -0.4 is 10.6 Å². The quantitative estimate of drug-likeness (QED) is 0.736. The highest BCUT2D eigenvalue weighted by atomic mass is 32.2. The standard InChI is InChI=1S/C12H22N2O4S/c1-9(2)7-19(17,18)8-11(15)14-10-5-3-4-6-13-12(10)16/h9-10H,3-8H2,1-2H3,(H,13,16)(H,14,15)/t10-/m1/s1. The van der Waals surface area contributed by atoms with Gasteiger partial charge in [0.25, 0.3) is 0 Å². The topological polar surface area (TPSA) is 92.3 Å². The molecule has 0 radical (unpaired) electrons. The zero-order valence-electron chi connectivity index (χ0n) is 11.4. The van der Waals surface area contributed by atoms with Crippen molar-refractivity contribution >= 4 is 21.7 Å². The van der Waals surface area contributed by atoms with Gasteiger partial charge in [-0.3, -0.25) is 9.59 Å². The molecule has 0 aromatic heterocycles. The van der Waals surface area contributed by atoms with Crippen LogP contribution in [0.15, 0.2) is 0 Å². The van der Waals surface area contributed by atoms with Crippen LogP contribution in [0.5, 0.6) is 0 Å². The van der Waals surface area contributed by atoms with Gasteiger partial charge in [0.1, 0.15) is 11.8 Å². The lowest BCUT2D eigenvalue weighted by Gasteiger charge is -2.15. The number of hydrogen-bond donors (Lipinski definition) is 2. The van der Waals surface area contributed by atoms with Crippen LogP contribution in [0.1, 0.15) is 33.1 Å². The summed E-state index contributed by atoms with van der Waals surface area (Å²) in [5.74, 6) is -1.40. The molecule has 110 valence electrons. The first-order valence-corrected chi connectivity index (χ1v) is 8.40. The third-order valence-electron chi connectivity index (χ3n) is 2.81. The maximum atomic E-state index is 11.7. The normalized spacial score (nSPS) is 20.8. The van der Waals surface area contributed by atoms with Gasteiger partial charge < -0.3 is 10.6 Å². The smallest absolute Gasteiger partial charge is 0.242 e. The third-order valence-corrected chi connectivity index (χ3v) is 4.69. The summed E-state index contributed by atoms with van der Waals surface area (Å²) in [7, 11) is -3.40. The van der Waals surface area contributed by atoms with E-state index in [2.05, 4.69) is 10.6 Å². The molecule has 0 unspecified atom stereocenters. The van der Waals surface area contributed by atoms with Crippen molar-refractivity contribution < 1.29 is 18.0 Å². The zero-order valence-corrected chi connectivity index (χ0v) is 12.3. The summed E-state index contributed by atoms with van der Waals surface area (Å²) in [5.41, 5.74) is 0. The van der Waals surface area contributed by atoms with Gasteiger partial charge in [-0.2, -0.15) is 0 Å². The molecule has 7 heteroatoms. The van der Waals surface area contributed by atoms with Crippen molar-refractivity contribution in [3.8, 4) is 0 Å². The first kappa shape index (κ1) is 15.9. The van der Waals surface area contributed by atoms with Crippen LogP contribution in [0.2, 0.25) is 0 Å². The van der Waals surface area contributed by atoms with Crippen molar-refractivity contribution in [2.45, 2.75) is 39.2 Å². The Hall–Kier alpha value is -1.11. The van der Waals surface area contributed by atoms with Crippen LogP contribution in [0.3, 0.4) is 0 Å². The Balaban J connectivity index is 2.52. The monoisotopic (exact) mass is 290 g/mol. The number of nitrogens with one attached hydrogen (secondary N) is 2. The van der Waals surface area contributed by atoms with Crippen molar-refractivity contribution in [3.63, 3.8) is 0 Å². The van der Waals surface area contributed by atoms with Gasteiger partial charge in [-0.25, -0.2) is 8.42 Å². The van der Waals surface area contributed by atoms with Crippen molar-refractivity contribution in [2.24, 2.45) is 5.92 Å². The molecule has 0 aromatic rings. The highest BCUT2D eigenvalue weighted by Crippen LogP contribution is 2.06. The van der Waals surface area contributed by atoms with Crippen LogP contribution in [0.4, 0.5) is 0 Å². The third kappa shape index (κ3) is 6.04. The highest BCUT2D eigenvalue weighted by molar-refractivity contribution is 7.92. The van der Waals surface area contributed by atoms with E-state index >= 15 is 0 Å². The molecule has 2 amide bonds. The number of hydrogen-bond acceptors (Lipinski definition) is 4. The van der Waals surface area contributed by atoms with Crippen LogP contribution in [0, 0.1) is 5.92 Å². The number of carbonyl (C=O) groups is 2. The summed E-state index contributed by atoms with van der Waals surface area (Å²) in [6, 6.07) is -0.607. The molecule has 1 aliphatic heterocycles. The van der Waals surface area contributed by atoms with E-state index in [-0.39, 0.29) is 17.6 Å². The number of rotatable bonds is 5. The minimum absolute atomic E-state index is 0.0148. The largest absolute Gasteiger partial charge is 0.354 e. The summed E-state index contributed by atoms with van der Waals surface area (Å²) in [5, 5.41) is 5.20. The summed E-state index contributed by atoms with van der Waals surface area (Å²) in [6.07, 6.45) is 2.27. The Morgan fingerprint density at radius 2 is 2.11 bits per heavy atom. The molecule has 1 fully saturated rings. The number of carbonyl (C=O) groups excluding carboxylic acids is 2. The fourth-order valence-corrected chi connectivity index (χ4v) is 3.70. The summed E-state index contributed by atoms with van der Waals surface area (Å²) in [4.78, 5) is 23.3.